The number of nitrogens with zero attached hydrogens (tertiary/aromatic N) is 2. The Bertz CT molecular complexity index is 521. The Morgan fingerprint density at radius 3 is 2.46 bits per heavy atom. The summed E-state index contributed by atoms with van der Waals surface area (Å²) >= 11 is 0. The predicted molar refractivity (Wildman–Crippen MR) is 112 cm³/mol. The quantitative estimate of drug-likeness (QED) is 0.643. The normalized spacial score (nSPS) is 32.6. The summed E-state index contributed by atoms with van der Waals surface area (Å²) in [5.41, 5.74) is 0. The highest BCUT2D eigenvalue weighted by Gasteiger charge is 2.35. The first-order valence-corrected chi connectivity index (χ1v) is 10.3. The zero-order valence-electron chi connectivity index (χ0n) is 16.4. The van der Waals surface area contributed by atoms with Gasteiger partial charge in [-0.25, -0.2) is 0 Å². The molecule has 0 aliphatic carbocycles. The fourth-order valence-corrected chi connectivity index (χ4v) is 5.06. The summed E-state index contributed by atoms with van der Waals surface area (Å²) in [6, 6.07) is 1.23. The fourth-order valence-electron chi connectivity index (χ4n) is 5.06. The Labute approximate surface area is 180 Å². The lowest BCUT2D eigenvalue weighted by Gasteiger charge is -2.29. The van der Waals surface area contributed by atoms with E-state index in [4.69, 9.17) is 4.74 Å². The number of halogens is 2. The Morgan fingerprint density at radius 2 is 1.79 bits per heavy atom. The van der Waals surface area contributed by atoms with Crippen LogP contribution in [0.1, 0.15) is 38.5 Å². The number of fused-ring (bicyclic) bond motifs is 2. The SMILES string of the molecule is Cl.Cl.O=C(CC1CC2CCC(C1)N2)NC1CC(=O)N(CCN2CCOCC2)C1. The van der Waals surface area contributed by atoms with Crippen molar-refractivity contribution in [1.82, 2.24) is 20.4 Å². The Morgan fingerprint density at radius 1 is 1.11 bits per heavy atom. The largest absolute Gasteiger partial charge is 0.379 e. The van der Waals surface area contributed by atoms with E-state index in [0.29, 0.717) is 37.4 Å². The zero-order chi connectivity index (χ0) is 17.9. The third-order valence-corrected chi connectivity index (χ3v) is 6.41. The fraction of sp³-hybridized carbons (Fsp3) is 0.895. The first-order chi connectivity index (χ1) is 12.7. The van der Waals surface area contributed by atoms with Gasteiger partial charge >= 0.3 is 0 Å². The van der Waals surface area contributed by atoms with Crippen molar-refractivity contribution in [2.24, 2.45) is 5.92 Å². The smallest absolute Gasteiger partial charge is 0.224 e. The molecule has 2 N–H and O–H groups in total. The number of morpholine rings is 1. The van der Waals surface area contributed by atoms with Gasteiger partial charge in [-0.15, -0.1) is 24.8 Å². The maximum atomic E-state index is 12.4. The van der Waals surface area contributed by atoms with Crippen LogP contribution in [-0.2, 0) is 14.3 Å². The maximum Gasteiger partial charge on any atom is 0.224 e. The second-order valence-corrected chi connectivity index (χ2v) is 8.44. The summed E-state index contributed by atoms with van der Waals surface area (Å²) < 4.78 is 5.36. The number of carbonyl (C=O) groups excluding carboxylic acids is 2. The first-order valence-electron chi connectivity index (χ1n) is 10.3. The van der Waals surface area contributed by atoms with Crippen molar-refractivity contribution in [3.8, 4) is 0 Å². The molecule has 2 amide bonds. The van der Waals surface area contributed by atoms with Gasteiger partial charge in [0.1, 0.15) is 0 Å². The minimum atomic E-state index is -0.0156. The third-order valence-electron chi connectivity index (χ3n) is 6.41. The van der Waals surface area contributed by atoms with Crippen molar-refractivity contribution in [2.45, 2.75) is 56.7 Å². The molecule has 4 aliphatic rings. The van der Waals surface area contributed by atoms with Crippen molar-refractivity contribution in [3.63, 3.8) is 0 Å². The topological polar surface area (TPSA) is 73.9 Å². The molecule has 3 atom stereocenters. The van der Waals surface area contributed by atoms with E-state index in [1.807, 2.05) is 4.90 Å². The molecule has 0 saturated carbocycles. The highest BCUT2D eigenvalue weighted by molar-refractivity contribution is 5.85. The molecule has 4 fully saturated rings. The van der Waals surface area contributed by atoms with Crippen LogP contribution in [0.5, 0.6) is 0 Å². The summed E-state index contributed by atoms with van der Waals surface area (Å²) in [5.74, 6) is 0.802. The van der Waals surface area contributed by atoms with Gasteiger partial charge < -0.3 is 20.3 Å². The number of rotatable bonds is 6. The third kappa shape index (κ3) is 6.20. The molecular weight excluding hydrogens is 403 g/mol. The van der Waals surface area contributed by atoms with Gasteiger partial charge in [0.25, 0.3) is 0 Å². The van der Waals surface area contributed by atoms with Crippen LogP contribution in [0, 0.1) is 5.92 Å². The number of carbonyl (C=O) groups is 2. The molecule has 0 aromatic carbocycles. The van der Waals surface area contributed by atoms with Crippen LogP contribution < -0.4 is 10.6 Å². The van der Waals surface area contributed by atoms with Crippen LogP contribution in [0.4, 0.5) is 0 Å². The molecule has 4 saturated heterocycles. The second kappa shape index (κ2) is 11.0. The van der Waals surface area contributed by atoms with Gasteiger partial charge in [0.2, 0.25) is 11.8 Å². The number of likely N-dealkylation sites (tertiary alicyclic amines) is 1. The predicted octanol–water partition coefficient (Wildman–Crippen LogP) is 0.800. The van der Waals surface area contributed by atoms with Crippen molar-refractivity contribution in [3.05, 3.63) is 0 Å². The summed E-state index contributed by atoms with van der Waals surface area (Å²) in [6.45, 7) is 5.76. The van der Waals surface area contributed by atoms with Crippen LogP contribution in [0.15, 0.2) is 0 Å². The van der Waals surface area contributed by atoms with Gasteiger partial charge in [-0.2, -0.15) is 0 Å². The Kier molecular flexibility index (Phi) is 9.28. The highest BCUT2D eigenvalue weighted by atomic mass is 35.5. The van der Waals surface area contributed by atoms with Gasteiger partial charge in [-0.05, 0) is 31.6 Å². The molecule has 0 aromatic rings. The number of amides is 2. The van der Waals surface area contributed by atoms with E-state index in [1.165, 1.54) is 12.8 Å². The average Bonchev–Trinajstić information content (AvgIpc) is 3.15. The van der Waals surface area contributed by atoms with Crippen molar-refractivity contribution >= 4 is 36.6 Å². The van der Waals surface area contributed by atoms with E-state index in [9.17, 15) is 9.59 Å². The zero-order valence-corrected chi connectivity index (χ0v) is 18.1. The maximum absolute atomic E-state index is 12.4. The summed E-state index contributed by atoms with van der Waals surface area (Å²) in [7, 11) is 0. The molecule has 28 heavy (non-hydrogen) atoms. The van der Waals surface area contributed by atoms with Crippen molar-refractivity contribution in [1.29, 1.82) is 0 Å². The van der Waals surface area contributed by atoms with Gasteiger partial charge in [-0.1, -0.05) is 0 Å². The van der Waals surface area contributed by atoms with Gasteiger partial charge in [-0.3, -0.25) is 14.5 Å². The molecule has 7 nitrogen and oxygen atoms in total. The molecular formula is C19H34Cl2N4O3. The lowest BCUT2D eigenvalue weighted by molar-refractivity contribution is -0.128. The number of hydrogen-bond acceptors (Lipinski definition) is 5. The van der Waals surface area contributed by atoms with Gasteiger partial charge in [0, 0.05) is 57.6 Å². The van der Waals surface area contributed by atoms with E-state index in [1.54, 1.807) is 0 Å². The molecule has 2 bridgehead atoms. The molecule has 9 heteroatoms. The molecule has 4 heterocycles. The lowest BCUT2D eigenvalue weighted by Crippen LogP contribution is -2.43. The van der Waals surface area contributed by atoms with Crippen LogP contribution >= 0.6 is 24.8 Å². The van der Waals surface area contributed by atoms with E-state index in [0.717, 1.165) is 52.2 Å². The molecule has 3 unspecified atom stereocenters. The lowest BCUT2D eigenvalue weighted by atomic mass is 9.89. The summed E-state index contributed by atoms with van der Waals surface area (Å²) in [5, 5.41) is 6.74. The number of piperidine rings is 1. The molecule has 0 aromatic heterocycles. The first kappa shape index (κ1) is 23.7. The highest BCUT2D eigenvalue weighted by Crippen LogP contribution is 2.32. The monoisotopic (exact) mass is 436 g/mol. The van der Waals surface area contributed by atoms with Crippen LogP contribution in [-0.4, -0.2) is 85.7 Å². The van der Waals surface area contributed by atoms with Crippen LogP contribution in [0.25, 0.3) is 0 Å². The molecule has 0 spiro atoms. The van der Waals surface area contributed by atoms with Gasteiger partial charge in [0.15, 0.2) is 0 Å². The minimum absolute atomic E-state index is 0. The molecule has 0 radical (unpaired) electrons. The Balaban J connectivity index is 0.00000140. The number of nitrogens with one attached hydrogen (secondary N) is 2. The summed E-state index contributed by atoms with van der Waals surface area (Å²) in [4.78, 5) is 28.9. The molecule has 162 valence electrons. The molecule has 4 aliphatic heterocycles. The Hall–Kier alpha value is -0.600. The standard InChI is InChI=1S/C19H32N4O3.2ClH/c24-18(11-14-9-15-1-2-16(10-14)20-15)21-17-12-19(25)23(13-17)4-3-22-5-7-26-8-6-22;;/h14-17,20H,1-13H2,(H,21,24);2*1H. The van der Waals surface area contributed by atoms with Crippen molar-refractivity contribution < 1.29 is 14.3 Å². The molecule has 4 rings (SSSR count). The van der Waals surface area contributed by atoms with E-state index in [-0.39, 0.29) is 42.7 Å². The van der Waals surface area contributed by atoms with Crippen molar-refractivity contribution in [2.75, 3.05) is 45.9 Å². The second-order valence-electron chi connectivity index (χ2n) is 8.44. The number of ether oxygens (including phenoxy) is 1. The number of hydrogen-bond donors (Lipinski definition) is 2. The van der Waals surface area contributed by atoms with E-state index < -0.39 is 0 Å². The average molecular weight is 437 g/mol. The van der Waals surface area contributed by atoms with Gasteiger partial charge in [0.05, 0.1) is 19.3 Å². The van der Waals surface area contributed by atoms with Crippen LogP contribution in [0.3, 0.4) is 0 Å². The van der Waals surface area contributed by atoms with E-state index >= 15 is 0 Å². The summed E-state index contributed by atoms with van der Waals surface area (Å²) in [6.07, 6.45) is 5.84. The van der Waals surface area contributed by atoms with E-state index in [2.05, 4.69) is 15.5 Å². The minimum Gasteiger partial charge on any atom is -0.379 e. The van der Waals surface area contributed by atoms with Crippen LogP contribution in [0.2, 0.25) is 0 Å².